The van der Waals surface area contributed by atoms with E-state index in [1.807, 2.05) is 62.4 Å². The number of carbonyl (C=O) groups is 1. The Balaban J connectivity index is 1.97. The topological polar surface area (TPSA) is 99.1 Å². The summed E-state index contributed by atoms with van der Waals surface area (Å²) in [6.07, 6.45) is 0. The monoisotopic (exact) mass is 406 g/mol. The fourth-order valence-corrected chi connectivity index (χ4v) is 3.30. The van der Waals surface area contributed by atoms with E-state index in [9.17, 15) is 14.4 Å². The van der Waals surface area contributed by atoms with Gasteiger partial charge in [0.15, 0.2) is 5.78 Å². The summed E-state index contributed by atoms with van der Waals surface area (Å²) in [6, 6.07) is 15.1. The van der Waals surface area contributed by atoms with Crippen molar-refractivity contribution in [2.24, 2.45) is 0 Å². The van der Waals surface area contributed by atoms with Gasteiger partial charge in [-0.15, -0.1) is 0 Å². The number of hydrogen-bond acceptors (Lipinski definition) is 5. The second-order valence-corrected chi connectivity index (χ2v) is 7.24. The third kappa shape index (κ3) is 4.20. The van der Waals surface area contributed by atoms with Gasteiger partial charge < -0.3 is 11.1 Å². The van der Waals surface area contributed by atoms with Crippen LogP contribution in [0.15, 0.2) is 58.1 Å². The molecule has 0 saturated heterocycles. The summed E-state index contributed by atoms with van der Waals surface area (Å²) < 4.78 is 2.33. The molecule has 0 unspecified atom stereocenters. The maximum absolute atomic E-state index is 12.9. The molecule has 0 saturated carbocycles. The van der Waals surface area contributed by atoms with E-state index in [0.717, 1.165) is 26.9 Å². The van der Waals surface area contributed by atoms with Gasteiger partial charge in [0.05, 0.1) is 13.1 Å². The van der Waals surface area contributed by atoms with Crippen molar-refractivity contribution in [2.45, 2.75) is 33.9 Å². The highest BCUT2D eigenvalue weighted by molar-refractivity contribution is 6.02. The fourth-order valence-electron chi connectivity index (χ4n) is 3.30. The van der Waals surface area contributed by atoms with E-state index in [1.165, 1.54) is 4.57 Å². The smallest absolute Gasteiger partial charge is 0.332 e. The lowest BCUT2D eigenvalue weighted by atomic mass is 10.1. The van der Waals surface area contributed by atoms with Crippen LogP contribution in [0.5, 0.6) is 0 Å². The van der Waals surface area contributed by atoms with Crippen molar-refractivity contribution in [3.63, 3.8) is 0 Å². The molecule has 156 valence electrons. The van der Waals surface area contributed by atoms with Gasteiger partial charge in [-0.2, -0.15) is 0 Å². The number of benzene rings is 2. The van der Waals surface area contributed by atoms with E-state index in [0.29, 0.717) is 0 Å². The molecular weight excluding hydrogens is 380 g/mol. The summed E-state index contributed by atoms with van der Waals surface area (Å²) in [4.78, 5) is 38.5. The molecule has 0 aliphatic rings. The Bertz CT molecular complexity index is 1190. The first-order valence-corrected chi connectivity index (χ1v) is 9.84. The summed E-state index contributed by atoms with van der Waals surface area (Å²) in [7, 11) is 0. The van der Waals surface area contributed by atoms with Crippen LogP contribution in [0.25, 0.3) is 0 Å². The van der Waals surface area contributed by atoms with Gasteiger partial charge in [-0.05, 0) is 49.6 Å². The molecular formula is C23H26N4O3. The lowest BCUT2D eigenvalue weighted by molar-refractivity contribution is 0.100. The zero-order valence-corrected chi connectivity index (χ0v) is 17.4. The van der Waals surface area contributed by atoms with E-state index in [-0.39, 0.29) is 31.0 Å². The van der Waals surface area contributed by atoms with Gasteiger partial charge in [0.2, 0.25) is 0 Å². The molecule has 7 nitrogen and oxygen atoms in total. The highest BCUT2D eigenvalue weighted by Crippen LogP contribution is 2.15. The van der Waals surface area contributed by atoms with E-state index in [4.69, 9.17) is 5.73 Å². The van der Waals surface area contributed by atoms with Crippen LogP contribution in [-0.2, 0) is 13.1 Å². The van der Waals surface area contributed by atoms with E-state index < -0.39 is 17.0 Å². The van der Waals surface area contributed by atoms with Crippen LogP contribution >= 0.6 is 0 Å². The quantitative estimate of drug-likeness (QED) is 0.588. The number of anilines is 2. The van der Waals surface area contributed by atoms with E-state index in [2.05, 4.69) is 5.32 Å². The summed E-state index contributed by atoms with van der Waals surface area (Å²) in [5.74, 6) is -0.565. The second-order valence-electron chi connectivity index (χ2n) is 7.24. The second kappa shape index (κ2) is 8.82. The zero-order chi connectivity index (χ0) is 21.8. The predicted octanol–water partition coefficient (Wildman–Crippen LogP) is 2.57. The predicted molar refractivity (Wildman–Crippen MR) is 119 cm³/mol. The average molecular weight is 406 g/mol. The van der Waals surface area contributed by atoms with Crippen molar-refractivity contribution >= 4 is 17.3 Å². The molecule has 3 rings (SSSR count). The third-order valence-electron chi connectivity index (χ3n) is 5.21. The summed E-state index contributed by atoms with van der Waals surface area (Å²) in [5.41, 5.74) is 8.69. The van der Waals surface area contributed by atoms with Gasteiger partial charge in [0.25, 0.3) is 5.56 Å². The van der Waals surface area contributed by atoms with Crippen molar-refractivity contribution in [2.75, 3.05) is 17.6 Å². The molecule has 3 aromatic rings. The minimum absolute atomic E-state index is 0.102. The van der Waals surface area contributed by atoms with Gasteiger partial charge in [0.1, 0.15) is 11.4 Å². The molecule has 2 aromatic carbocycles. The SMILES string of the molecule is CCn1c(=O)c(C(=O)CNc2ccc(C)c(C)c2)c(N)n(Cc2ccccc2)c1=O. The minimum Gasteiger partial charge on any atom is -0.384 e. The van der Waals surface area contributed by atoms with Crippen molar-refractivity contribution in [1.82, 2.24) is 9.13 Å². The number of hydrogen-bond donors (Lipinski definition) is 2. The molecule has 30 heavy (non-hydrogen) atoms. The Hall–Kier alpha value is -3.61. The maximum atomic E-state index is 12.9. The summed E-state index contributed by atoms with van der Waals surface area (Å²) in [6.45, 7) is 5.91. The van der Waals surface area contributed by atoms with Gasteiger partial charge in [-0.1, -0.05) is 36.4 Å². The first-order chi connectivity index (χ1) is 14.3. The van der Waals surface area contributed by atoms with Crippen molar-refractivity contribution < 1.29 is 4.79 Å². The highest BCUT2D eigenvalue weighted by atomic mass is 16.2. The van der Waals surface area contributed by atoms with Crippen LogP contribution in [0.2, 0.25) is 0 Å². The van der Waals surface area contributed by atoms with Crippen LogP contribution in [0.1, 0.15) is 34.0 Å². The Morgan fingerprint density at radius 2 is 1.70 bits per heavy atom. The summed E-state index contributed by atoms with van der Waals surface area (Å²) >= 11 is 0. The molecule has 0 bridgehead atoms. The lowest BCUT2D eigenvalue weighted by Crippen LogP contribution is -2.44. The number of aromatic nitrogens is 2. The molecule has 0 amide bonds. The van der Waals surface area contributed by atoms with Crippen LogP contribution in [0, 0.1) is 13.8 Å². The number of nitrogen functional groups attached to an aromatic ring is 1. The zero-order valence-electron chi connectivity index (χ0n) is 17.4. The molecule has 7 heteroatoms. The van der Waals surface area contributed by atoms with Gasteiger partial charge in [-0.3, -0.25) is 18.7 Å². The first-order valence-electron chi connectivity index (χ1n) is 9.84. The number of rotatable bonds is 7. The third-order valence-corrected chi connectivity index (χ3v) is 5.21. The number of aryl methyl sites for hydroxylation is 2. The van der Waals surface area contributed by atoms with Crippen molar-refractivity contribution in [3.8, 4) is 0 Å². The van der Waals surface area contributed by atoms with Gasteiger partial charge in [-0.25, -0.2) is 4.79 Å². The van der Waals surface area contributed by atoms with Crippen LogP contribution in [-0.4, -0.2) is 21.5 Å². The van der Waals surface area contributed by atoms with Crippen molar-refractivity contribution in [3.05, 3.63) is 91.6 Å². The fraction of sp³-hybridized carbons (Fsp3) is 0.261. The standard InChI is InChI=1S/C23H26N4O3/c1-4-26-22(29)20(19(28)13-25-18-11-10-15(2)16(3)12-18)21(24)27(23(26)30)14-17-8-6-5-7-9-17/h5-12,25H,4,13-14,24H2,1-3H3. The number of nitrogens with zero attached hydrogens (tertiary/aromatic N) is 2. The van der Waals surface area contributed by atoms with Crippen LogP contribution < -0.4 is 22.3 Å². The van der Waals surface area contributed by atoms with Crippen molar-refractivity contribution in [1.29, 1.82) is 0 Å². The normalized spacial score (nSPS) is 10.8. The van der Waals surface area contributed by atoms with Crippen LogP contribution in [0.4, 0.5) is 11.5 Å². The molecule has 0 aliphatic heterocycles. The molecule has 1 aromatic heterocycles. The average Bonchev–Trinajstić information content (AvgIpc) is 2.73. The number of nitrogens with one attached hydrogen (secondary N) is 1. The maximum Gasteiger partial charge on any atom is 0.332 e. The molecule has 0 atom stereocenters. The number of Topliss-reactive ketones (excluding diaryl/α,β-unsaturated/α-hetero) is 1. The van der Waals surface area contributed by atoms with Crippen LogP contribution in [0.3, 0.4) is 0 Å². The Kier molecular flexibility index (Phi) is 6.20. The highest BCUT2D eigenvalue weighted by Gasteiger charge is 2.22. The molecule has 0 fully saturated rings. The first kappa shape index (κ1) is 21.1. The lowest BCUT2D eigenvalue weighted by Gasteiger charge is -2.16. The largest absolute Gasteiger partial charge is 0.384 e. The Morgan fingerprint density at radius 3 is 2.33 bits per heavy atom. The van der Waals surface area contributed by atoms with E-state index in [1.54, 1.807) is 6.92 Å². The van der Waals surface area contributed by atoms with Gasteiger partial charge in [0, 0.05) is 12.2 Å². The molecule has 3 N–H and O–H groups in total. The molecule has 1 heterocycles. The summed E-state index contributed by atoms with van der Waals surface area (Å²) in [5, 5.41) is 3.05. The molecule has 0 spiro atoms. The Morgan fingerprint density at radius 1 is 1.00 bits per heavy atom. The van der Waals surface area contributed by atoms with Gasteiger partial charge >= 0.3 is 5.69 Å². The number of carbonyl (C=O) groups excluding carboxylic acids is 1. The number of nitrogens with two attached hydrogens (primary N) is 1. The molecule has 0 radical (unpaired) electrons. The Labute approximate surface area is 174 Å². The molecule has 0 aliphatic carbocycles. The number of ketones is 1. The van der Waals surface area contributed by atoms with E-state index >= 15 is 0 Å². The minimum atomic E-state index is -0.656.